The number of nitrogens with two attached hydrogens (primary N) is 1. The SMILES string of the molecule is N[C@@H](CC(=O)N1CCn2nnc(-c3ccc(F)cc3)c2C1)Cc1cc(F)c(F)cc1F.O=P(O)(O)O. The zero-order valence-electron chi connectivity index (χ0n) is 18.6. The molecule has 194 valence electrons. The fourth-order valence-electron chi connectivity index (χ4n) is 3.62. The van der Waals surface area contributed by atoms with E-state index < -0.39 is 31.3 Å². The van der Waals surface area contributed by atoms with E-state index in [9.17, 15) is 22.4 Å². The first-order valence-electron chi connectivity index (χ1n) is 10.4. The predicted molar refractivity (Wildman–Crippen MR) is 118 cm³/mol. The molecule has 0 bridgehead atoms. The van der Waals surface area contributed by atoms with E-state index in [1.807, 2.05) is 0 Å². The van der Waals surface area contributed by atoms with Crippen LogP contribution < -0.4 is 5.73 Å². The first kappa shape index (κ1) is 27.4. The molecule has 0 spiro atoms. The average molecular weight is 531 g/mol. The zero-order chi connectivity index (χ0) is 26.6. The normalized spacial score (nSPS) is 14.1. The Morgan fingerprint density at radius 2 is 1.64 bits per heavy atom. The number of phosphoric acid groups is 1. The standard InChI is InChI=1S/C21H19F4N5O.H3O4P/c22-14-3-1-12(2-4-14)21-19-11-29(5-6-30(19)28-27-21)20(31)9-15(26)7-13-8-17(24)18(25)10-16(13)23;1-5(2,3)4/h1-4,8,10,15H,5-7,9,11,26H2;(H3,1,2,3,4)/t15-;/m1./s1. The molecule has 1 aliphatic rings. The van der Waals surface area contributed by atoms with Gasteiger partial charge in [0.2, 0.25) is 5.91 Å². The molecule has 1 aromatic heterocycles. The van der Waals surface area contributed by atoms with Crippen molar-refractivity contribution in [2.75, 3.05) is 6.54 Å². The molecule has 1 atom stereocenters. The number of hydrogen-bond acceptors (Lipinski definition) is 5. The molecule has 0 saturated heterocycles. The lowest BCUT2D eigenvalue weighted by atomic mass is 10.0. The molecule has 3 aromatic rings. The molecule has 2 aromatic carbocycles. The van der Waals surface area contributed by atoms with Gasteiger partial charge in [-0.3, -0.25) is 4.79 Å². The number of nitrogens with zero attached hydrogens (tertiary/aromatic N) is 4. The smallest absolute Gasteiger partial charge is 0.335 e. The van der Waals surface area contributed by atoms with E-state index in [2.05, 4.69) is 10.3 Å². The van der Waals surface area contributed by atoms with Gasteiger partial charge in [-0.15, -0.1) is 5.10 Å². The lowest BCUT2D eigenvalue weighted by Crippen LogP contribution is -2.41. The van der Waals surface area contributed by atoms with Crippen LogP contribution in [0.5, 0.6) is 0 Å². The van der Waals surface area contributed by atoms with Crippen LogP contribution >= 0.6 is 7.82 Å². The maximum absolute atomic E-state index is 13.8. The Kier molecular flexibility index (Phi) is 8.59. The number of fused-ring (bicyclic) bond motifs is 1. The molecule has 0 unspecified atom stereocenters. The quantitative estimate of drug-likeness (QED) is 0.221. The van der Waals surface area contributed by atoms with Crippen LogP contribution in [0.25, 0.3) is 11.3 Å². The third kappa shape index (κ3) is 7.42. The Morgan fingerprint density at radius 3 is 2.28 bits per heavy atom. The molecule has 5 N–H and O–H groups in total. The topological polar surface area (TPSA) is 155 Å². The van der Waals surface area contributed by atoms with Crippen molar-refractivity contribution in [2.45, 2.75) is 32.0 Å². The summed E-state index contributed by atoms with van der Waals surface area (Å²) in [4.78, 5) is 35.9. The van der Waals surface area contributed by atoms with Crippen molar-refractivity contribution >= 4 is 13.7 Å². The van der Waals surface area contributed by atoms with E-state index in [0.717, 1.165) is 6.07 Å². The summed E-state index contributed by atoms with van der Waals surface area (Å²) >= 11 is 0. The third-order valence-electron chi connectivity index (χ3n) is 5.24. The molecule has 1 amide bonds. The molecule has 0 fully saturated rings. The molecule has 0 saturated carbocycles. The lowest BCUT2D eigenvalue weighted by molar-refractivity contribution is -0.133. The summed E-state index contributed by atoms with van der Waals surface area (Å²) in [6.45, 7) is 1.07. The van der Waals surface area contributed by atoms with Crippen LogP contribution in [0, 0.1) is 23.3 Å². The van der Waals surface area contributed by atoms with Crippen LogP contribution in [0.15, 0.2) is 36.4 Å². The lowest BCUT2D eigenvalue weighted by Gasteiger charge is -2.28. The predicted octanol–water partition coefficient (Wildman–Crippen LogP) is 1.88. The number of benzene rings is 2. The number of halogens is 4. The van der Waals surface area contributed by atoms with Gasteiger partial charge in [0, 0.05) is 30.6 Å². The highest BCUT2D eigenvalue weighted by Crippen LogP contribution is 2.26. The van der Waals surface area contributed by atoms with Gasteiger partial charge in [0.1, 0.15) is 17.3 Å². The Labute approximate surface area is 202 Å². The summed E-state index contributed by atoms with van der Waals surface area (Å²) in [6.07, 6.45) is -0.200. The molecule has 1 aliphatic heterocycles. The molecule has 10 nitrogen and oxygen atoms in total. The Bertz CT molecular complexity index is 1280. The second kappa shape index (κ2) is 11.3. The van der Waals surface area contributed by atoms with Crippen LogP contribution in [0.3, 0.4) is 0 Å². The fourth-order valence-corrected chi connectivity index (χ4v) is 3.62. The summed E-state index contributed by atoms with van der Waals surface area (Å²) in [5.41, 5.74) is 7.86. The van der Waals surface area contributed by atoms with E-state index in [1.165, 1.54) is 12.1 Å². The monoisotopic (exact) mass is 531 g/mol. The first-order chi connectivity index (χ1) is 16.8. The molecular weight excluding hydrogens is 509 g/mol. The van der Waals surface area contributed by atoms with Crippen molar-refractivity contribution in [1.29, 1.82) is 0 Å². The fraction of sp³-hybridized carbons (Fsp3) is 0.286. The second-order valence-electron chi connectivity index (χ2n) is 7.97. The number of carbonyl (C=O) groups excluding carboxylic acids is 1. The number of aromatic nitrogens is 3. The van der Waals surface area contributed by atoms with Crippen LogP contribution in [0.1, 0.15) is 17.7 Å². The van der Waals surface area contributed by atoms with Crippen molar-refractivity contribution in [3.8, 4) is 11.3 Å². The minimum absolute atomic E-state index is 0.0845. The van der Waals surface area contributed by atoms with Gasteiger partial charge in [-0.25, -0.2) is 26.8 Å². The second-order valence-corrected chi connectivity index (χ2v) is 9.00. The van der Waals surface area contributed by atoms with Gasteiger partial charge in [0.15, 0.2) is 11.6 Å². The summed E-state index contributed by atoms with van der Waals surface area (Å²) in [5.74, 6) is -3.97. The molecule has 0 aliphatic carbocycles. The van der Waals surface area contributed by atoms with Gasteiger partial charge in [0.25, 0.3) is 0 Å². The van der Waals surface area contributed by atoms with Crippen molar-refractivity contribution in [3.05, 3.63) is 70.9 Å². The maximum atomic E-state index is 13.8. The van der Waals surface area contributed by atoms with E-state index in [4.69, 9.17) is 25.0 Å². The molecule has 36 heavy (non-hydrogen) atoms. The summed E-state index contributed by atoms with van der Waals surface area (Å²) < 4.78 is 64.1. The molecule has 2 heterocycles. The van der Waals surface area contributed by atoms with Gasteiger partial charge < -0.3 is 25.3 Å². The van der Waals surface area contributed by atoms with E-state index in [1.54, 1.807) is 21.7 Å². The van der Waals surface area contributed by atoms with Crippen molar-refractivity contribution in [1.82, 2.24) is 19.9 Å². The van der Waals surface area contributed by atoms with Gasteiger partial charge in [0.05, 0.1) is 18.8 Å². The molecule has 0 radical (unpaired) electrons. The average Bonchev–Trinajstić information content (AvgIpc) is 3.20. The van der Waals surface area contributed by atoms with Crippen LogP contribution in [-0.2, 0) is 28.9 Å². The van der Waals surface area contributed by atoms with Crippen molar-refractivity contribution in [3.63, 3.8) is 0 Å². The van der Waals surface area contributed by atoms with E-state index in [0.29, 0.717) is 36.1 Å². The summed E-state index contributed by atoms with van der Waals surface area (Å²) in [7, 11) is -4.64. The van der Waals surface area contributed by atoms with Gasteiger partial charge >= 0.3 is 7.82 Å². The van der Waals surface area contributed by atoms with E-state index >= 15 is 0 Å². The number of carbonyl (C=O) groups is 1. The summed E-state index contributed by atoms with van der Waals surface area (Å²) in [5, 5.41) is 8.25. The number of rotatable bonds is 5. The minimum atomic E-state index is -4.64. The molecular formula is C21H22F4N5O5P. The molecule has 4 rings (SSSR count). The van der Waals surface area contributed by atoms with Crippen molar-refractivity contribution < 1.29 is 41.6 Å². The highest BCUT2D eigenvalue weighted by molar-refractivity contribution is 7.45. The Balaban J connectivity index is 0.000000658. The highest BCUT2D eigenvalue weighted by atomic mass is 31.2. The number of hydrogen-bond donors (Lipinski definition) is 4. The summed E-state index contributed by atoms with van der Waals surface area (Å²) in [6, 6.07) is 6.28. The zero-order valence-corrected chi connectivity index (χ0v) is 19.5. The Hall–Kier alpha value is -3.16. The maximum Gasteiger partial charge on any atom is 0.466 e. The minimum Gasteiger partial charge on any atom is -0.335 e. The first-order valence-corrected chi connectivity index (χ1v) is 12.0. The molecule has 15 heteroatoms. The van der Waals surface area contributed by atoms with E-state index in [-0.39, 0.29) is 36.7 Å². The van der Waals surface area contributed by atoms with Crippen LogP contribution in [0.4, 0.5) is 17.6 Å². The van der Waals surface area contributed by atoms with Crippen LogP contribution in [-0.4, -0.2) is 53.1 Å². The Morgan fingerprint density at radius 1 is 1.03 bits per heavy atom. The van der Waals surface area contributed by atoms with Gasteiger partial charge in [-0.2, -0.15) is 0 Å². The number of amides is 1. The van der Waals surface area contributed by atoms with Gasteiger partial charge in [-0.05, 0) is 42.3 Å². The van der Waals surface area contributed by atoms with Crippen molar-refractivity contribution in [2.24, 2.45) is 5.73 Å². The van der Waals surface area contributed by atoms with Crippen LogP contribution in [0.2, 0.25) is 0 Å². The highest BCUT2D eigenvalue weighted by Gasteiger charge is 2.27. The van der Waals surface area contributed by atoms with Gasteiger partial charge in [-0.1, -0.05) is 5.21 Å². The largest absolute Gasteiger partial charge is 0.466 e. The third-order valence-corrected chi connectivity index (χ3v) is 5.24.